The second-order valence-electron chi connectivity index (χ2n) is 8.69. The lowest BCUT2D eigenvalue weighted by Gasteiger charge is -2.29. The number of halogens is 1. The van der Waals surface area contributed by atoms with Crippen molar-refractivity contribution in [3.05, 3.63) is 0 Å². The summed E-state index contributed by atoms with van der Waals surface area (Å²) in [6.45, 7) is 8.93. The Morgan fingerprint density at radius 1 is 1.19 bits per heavy atom. The van der Waals surface area contributed by atoms with Crippen LogP contribution < -0.4 is 5.32 Å². The quantitative estimate of drug-likeness (QED) is 0.348. The van der Waals surface area contributed by atoms with Gasteiger partial charge in [-0.15, -0.1) is 24.0 Å². The third-order valence-corrected chi connectivity index (χ3v) is 7.61. The van der Waals surface area contributed by atoms with Crippen molar-refractivity contribution in [1.29, 1.82) is 0 Å². The molecule has 2 atom stereocenters. The number of guanidine groups is 1. The Hall–Kier alpha value is -0.0900. The SMILES string of the molecule is CC(C)CC1CCN(C(=NCC2CCS(=O)(=O)C2)NC2CCOCC2)C1.I. The van der Waals surface area contributed by atoms with Crippen LogP contribution in [0.15, 0.2) is 4.99 Å². The summed E-state index contributed by atoms with van der Waals surface area (Å²) < 4.78 is 28.9. The van der Waals surface area contributed by atoms with Crippen molar-refractivity contribution in [1.82, 2.24) is 10.2 Å². The molecule has 0 saturated carbocycles. The van der Waals surface area contributed by atoms with Gasteiger partial charge in [-0.2, -0.15) is 0 Å². The van der Waals surface area contributed by atoms with Crippen LogP contribution in [0.25, 0.3) is 0 Å². The summed E-state index contributed by atoms with van der Waals surface area (Å²) in [7, 11) is -2.83. The van der Waals surface area contributed by atoms with Gasteiger partial charge < -0.3 is 15.0 Å². The summed E-state index contributed by atoms with van der Waals surface area (Å²) in [5, 5.41) is 3.66. The Balaban J connectivity index is 0.00000261. The Labute approximate surface area is 181 Å². The Morgan fingerprint density at radius 3 is 2.56 bits per heavy atom. The van der Waals surface area contributed by atoms with Crippen LogP contribution in [0, 0.1) is 17.8 Å². The summed E-state index contributed by atoms with van der Waals surface area (Å²) in [4.78, 5) is 7.28. The zero-order valence-corrected chi connectivity index (χ0v) is 19.9. The second-order valence-corrected chi connectivity index (χ2v) is 10.9. The van der Waals surface area contributed by atoms with Gasteiger partial charge in [-0.25, -0.2) is 8.42 Å². The van der Waals surface area contributed by atoms with Gasteiger partial charge in [0.25, 0.3) is 0 Å². The number of nitrogens with one attached hydrogen (secondary N) is 1. The average molecular weight is 513 g/mol. The lowest BCUT2D eigenvalue weighted by Crippen LogP contribution is -2.47. The standard InChI is InChI=1S/C19H35N3O3S.HI/c1-15(2)11-16-3-7-22(13-16)19(21-18-4-8-25-9-5-18)20-12-17-6-10-26(23,24)14-17;/h15-18H,3-14H2,1-2H3,(H,20,21);1H. The van der Waals surface area contributed by atoms with Crippen LogP contribution in [0.3, 0.4) is 0 Å². The van der Waals surface area contributed by atoms with E-state index in [2.05, 4.69) is 24.1 Å². The molecule has 3 fully saturated rings. The number of hydrogen-bond donors (Lipinski definition) is 1. The lowest BCUT2D eigenvalue weighted by molar-refractivity contribution is 0.0816. The molecule has 2 unspecified atom stereocenters. The van der Waals surface area contributed by atoms with Crippen LogP contribution in [0.1, 0.15) is 46.0 Å². The van der Waals surface area contributed by atoms with Crippen molar-refractivity contribution in [2.24, 2.45) is 22.7 Å². The van der Waals surface area contributed by atoms with Gasteiger partial charge in [-0.05, 0) is 49.9 Å². The highest BCUT2D eigenvalue weighted by molar-refractivity contribution is 14.0. The molecular weight excluding hydrogens is 477 g/mol. The summed E-state index contributed by atoms with van der Waals surface area (Å²) in [5.41, 5.74) is 0. The zero-order valence-electron chi connectivity index (χ0n) is 16.7. The molecule has 3 saturated heterocycles. The van der Waals surface area contributed by atoms with Crippen LogP contribution in [-0.4, -0.2) is 69.7 Å². The third-order valence-electron chi connectivity index (χ3n) is 5.77. The van der Waals surface area contributed by atoms with Gasteiger partial charge >= 0.3 is 0 Å². The smallest absolute Gasteiger partial charge is 0.194 e. The fourth-order valence-electron chi connectivity index (χ4n) is 4.38. The van der Waals surface area contributed by atoms with Gasteiger partial charge in [0.1, 0.15) is 0 Å². The molecule has 8 heteroatoms. The van der Waals surface area contributed by atoms with Gasteiger partial charge in [-0.1, -0.05) is 13.8 Å². The maximum Gasteiger partial charge on any atom is 0.194 e. The van der Waals surface area contributed by atoms with E-state index in [0.29, 0.717) is 24.1 Å². The molecule has 27 heavy (non-hydrogen) atoms. The molecule has 3 heterocycles. The highest BCUT2D eigenvalue weighted by Crippen LogP contribution is 2.24. The van der Waals surface area contributed by atoms with E-state index in [1.165, 1.54) is 12.8 Å². The van der Waals surface area contributed by atoms with E-state index < -0.39 is 9.84 Å². The number of sulfone groups is 1. The molecule has 0 aromatic carbocycles. The summed E-state index contributed by atoms with van der Waals surface area (Å²) in [6.07, 6.45) is 5.28. The minimum atomic E-state index is -2.83. The van der Waals surface area contributed by atoms with Crippen LogP contribution in [0.2, 0.25) is 0 Å². The molecule has 1 N–H and O–H groups in total. The van der Waals surface area contributed by atoms with E-state index in [9.17, 15) is 8.42 Å². The van der Waals surface area contributed by atoms with Crippen molar-refractivity contribution in [2.75, 3.05) is 44.4 Å². The highest BCUT2D eigenvalue weighted by Gasteiger charge is 2.30. The summed E-state index contributed by atoms with van der Waals surface area (Å²) in [5.74, 6) is 3.27. The first-order valence-corrected chi connectivity index (χ1v) is 12.1. The van der Waals surface area contributed by atoms with Crippen molar-refractivity contribution in [2.45, 2.75) is 52.0 Å². The Kier molecular flexibility index (Phi) is 9.12. The van der Waals surface area contributed by atoms with Gasteiger partial charge in [-0.3, -0.25) is 4.99 Å². The topological polar surface area (TPSA) is 71.0 Å². The zero-order chi connectivity index (χ0) is 18.6. The van der Waals surface area contributed by atoms with Crippen LogP contribution in [0.5, 0.6) is 0 Å². The normalized spacial score (nSPS) is 29.1. The fraction of sp³-hybridized carbons (Fsp3) is 0.947. The third kappa shape index (κ3) is 7.34. The van der Waals surface area contributed by atoms with Gasteiger partial charge in [0.15, 0.2) is 15.8 Å². The predicted molar refractivity (Wildman–Crippen MR) is 121 cm³/mol. The lowest BCUT2D eigenvalue weighted by atomic mass is 9.97. The van der Waals surface area contributed by atoms with E-state index in [1.54, 1.807) is 0 Å². The molecule has 6 nitrogen and oxygen atoms in total. The number of likely N-dealkylation sites (tertiary alicyclic amines) is 1. The molecule has 3 aliphatic rings. The second kappa shape index (κ2) is 10.6. The largest absolute Gasteiger partial charge is 0.381 e. The fourth-order valence-corrected chi connectivity index (χ4v) is 6.23. The monoisotopic (exact) mass is 513 g/mol. The van der Waals surface area contributed by atoms with Crippen LogP contribution in [-0.2, 0) is 14.6 Å². The molecule has 0 radical (unpaired) electrons. The van der Waals surface area contributed by atoms with Gasteiger partial charge in [0.05, 0.1) is 11.5 Å². The van der Waals surface area contributed by atoms with E-state index in [1.807, 2.05) is 0 Å². The van der Waals surface area contributed by atoms with E-state index in [0.717, 1.165) is 63.4 Å². The molecule has 0 aliphatic carbocycles. The van der Waals surface area contributed by atoms with Gasteiger partial charge in [0.2, 0.25) is 0 Å². The molecule has 0 bridgehead atoms. The van der Waals surface area contributed by atoms with Crippen molar-refractivity contribution < 1.29 is 13.2 Å². The predicted octanol–water partition coefficient (Wildman–Crippen LogP) is 2.53. The molecule has 3 aliphatic heterocycles. The first kappa shape index (κ1) is 23.2. The van der Waals surface area contributed by atoms with Crippen molar-refractivity contribution in [3.63, 3.8) is 0 Å². The molecule has 0 aromatic heterocycles. The molecule has 3 rings (SSSR count). The number of rotatable bonds is 5. The maximum absolute atomic E-state index is 11.7. The summed E-state index contributed by atoms with van der Waals surface area (Å²) in [6, 6.07) is 0.416. The minimum Gasteiger partial charge on any atom is -0.381 e. The van der Waals surface area contributed by atoms with Gasteiger partial charge in [0, 0.05) is 38.9 Å². The molecule has 0 aromatic rings. The number of aliphatic imine (C=N–C) groups is 1. The Bertz CT molecular complexity index is 591. The first-order chi connectivity index (χ1) is 12.4. The summed E-state index contributed by atoms with van der Waals surface area (Å²) >= 11 is 0. The van der Waals surface area contributed by atoms with E-state index in [4.69, 9.17) is 9.73 Å². The highest BCUT2D eigenvalue weighted by atomic mass is 127. The van der Waals surface area contributed by atoms with E-state index in [-0.39, 0.29) is 29.9 Å². The number of hydrogen-bond acceptors (Lipinski definition) is 4. The first-order valence-electron chi connectivity index (χ1n) is 10.3. The number of ether oxygens (including phenoxy) is 1. The van der Waals surface area contributed by atoms with Crippen LogP contribution >= 0.6 is 24.0 Å². The molecule has 0 spiro atoms. The van der Waals surface area contributed by atoms with Crippen molar-refractivity contribution >= 4 is 39.8 Å². The van der Waals surface area contributed by atoms with E-state index >= 15 is 0 Å². The minimum absolute atomic E-state index is 0. The molecule has 158 valence electrons. The van der Waals surface area contributed by atoms with Crippen LogP contribution in [0.4, 0.5) is 0 Å². The maximum atomic E-state index is 11.7. The Morgan fingerprint density at radius 2 is 1.93 bits per heavy atom. The average Bonchev–Trinajstić information content (AvgIpc) is 3.18. The molecular formula is C19H36IN3O3S. The number of nitrogens with zero attached hydrogens (tertiary/aromatic N) is 2. The van der Waals surface area contributed by atoms with Crippen molar-refractivity contribution in [3.8, 4) is 0 Å². The molecule has 0 amide bonds.